The molecule has 0 aromatic rings. The van der Waals surface area contributed by atoms with E-state index in [1.165, 1.54) is 43.6 Å². The van der Waals surface area contributed by atoms with Gasteiger partial charge in [-0.3, -0.25) is 0 Å². The lowest BCUT2D eigenvalue weighted by atomic mass is 10.2. The summed E-state index contributed by atoms with van der Waals surface area (Å²) in [6.45, 7) is 0. The molecule has 0 aromatic heterocycles. The number of nitrogens with one attached hydrogen (secondary N) is 1. The van der Waals surface area contributed by atoms with Crippen LogP contribution in [0.2, 0.25) is 0 Å². The van der Waals surface area contributed by atoms with Crippen molar-refractivity contribution < 1.29 is 0 Å². The highest BCUT2D eigenvalue weighted by atomic mass is 32.2. The van der Waals surface area contributed by atoms with Crippen molar-refractivity contribution in [1.82, 2.24) is 5.32 Å². The summed E-state index contributed by atoms with van der Waals surface area (Å²) in [5, 5.41) is 3.76. The summed E-state index contributed by atoms with van der Waals surface area (Å²) in [5.74, 6) is 2.74. The van der Waals surface area contributed by atoms with Gasteiger partial charge in [-0.05, 0) is 25.0 Å². The van der Waals surface area contributed by atoms with Crippen molar-refractivity contribution in [2.75, 3.05) is 11.5 Å². The first-order valence-corrected chi connectivity index (χ1v) is 5.94. The average molecular weight is 171 g/mol. The molecule has 0 radical (unpaired) electrons. The van der Waals surface area contributed by atoms with Gasteiger partial charge in [-0.2, -0.15) is 11.8 Å². The minimum atomic E-state index is 0.850. The third kappa shape index (κ3) is 2.12. The number of hydrogen-bond acceptors (Lipinski definition) is 2. The minimum Gasteiger partial charge on any atom is -0.310 e. The van der Waals surface area contributed by atoms with E-state index in [1.54, 1.807) is 0 Å². The maximum absolute atomic E-state index is 3.76. The molecule has 2 fully saturated rings. The Kier molecular flexibility index (Phi) is 2.75. The van der Waals surface area contributed by atoms with E-state index in [0.29, 0.717) is 0 Å². The van der Waals surface area contributed by atoms with Crippen LogP contribution in [0.25, 0.3) is 0 Å². The predicted molar refractivity (Wildman–Crippen MR) is 51.1 cm³/mol. The van der Waals surface area contributed by atoms with Gasteiger partial charge in [0, 0.05) is 17.8 Å². The monoisotopic (exact) mass is 171 g/mol. The molecule has 1 aliphatic carbocycles. The molecule has 2 heteroatoms. The van der Waals surface area contributed by atoms with Gasteiger partial charge in [0.15, 0.2) is 0 Å². The Balaban J connectivity index is 1.71. The molecular weight excluding hydrogens is 154 g/mol. The molecule has 1 heterocycles. The number of thioether (sulfide) groups is 1. The molecule has 1 saturated heterocycles. The first-order valence-electron chi connectivity index (χ1n) is 4.79. The summed E-state index contributed by atoms with van der Waals surface area (Å²) in [7, 11) is 0. The van der Waals surface area contributed by atoms with Crippen molar-refractivity contribution >= 4 is 11.8 Å². The zero-order chi connectivity index (χ0) is 7.52. The Bertz CT molecular complexity index is 101. The van der Waals surface area contributed by atoms with Crippen LogP contribution >= 0.6 is 11.8 Å². The normalized spacial score (nSPS) is 33.3. The molecule has 1 N–H and O–H groups in total. The summed E-state index contributed by atoms with van der Waals surface area (Å²) < 4.78 is 0. The fourth-order valence-electron chi connectivity index (χ4n) is 2.09. The van der Waals surface area contributed by atoms with E-state index in [1.807, 2.05) is 0 Å². The van der Waals surface area contributed by atoms with Gasteiger partial charge in [-0.25, -0.2) is 0 Å². The highest BCUT2D eigenvalue weighted by Gasteiger charge is 2.21. The van der Waals surface area contributed by atoms with E-state index in [-0.39, 0.29) is 0 Å². The maximum Gasteiger partial charge on any atom is 0.0168 e. The molecule has 1 aliphatic heterocycles. The molecule has 0 amide bonds. The maximum atomic E-state index is 3.76. The van der Waals surface area contributed by atoms with Crippen molar-refractivity contribution in [3.05, 3.63) is 0 Å². The van der Waals surface area contributed by atoms with Crippen LogP contribution in [-0.2, 0) is 0 Å². The quantitative estimate of drug-likeness (QED) is 0.682. The highest BCUT2D eigenvalue weighted by molar-refractivity contribution is 7.99. The second kappa shape index (κ2) is 3.81. The van der Waals surface area contributed by atoms with Gasteiger partial charge in [0.05, 0.1) is 0 Å². The fourth-order valence-corrected chi connectivity index (χ4v) is 3.26. The van der Waals surface area contributed by atoms with Gasteiger partial charge in [0.1, 0.15) is 0 Å². The summed E-state index contributed by atoms with van der Waals surface area (Å²) in [5.41, 5.74) is 0. The van der Waals surface area contributed by atoms with Crippen molar-refractivity contribution in [2.45, 2.75) is 44.2 Å². The zero-order valence-corrected chi connectivity index (χ0v) is 7.83. The Morgan fingerprint density at radius 3 is 2.45 bits per heavy atom. The standard InChI is InChI=1S/C9H17NS/c1-2-4-8(3-1)10-9-5-6-11-7-9/h8-10H,1-7H2. The Morgan fingerprint density at radius 1 is 1.00 bits per heavy atom. The second-order valence-corrected chi connectivity index (χ2v) is 4.86. The van der Waals surface area contributed by atoms with Gasteiger partial charge in [0.2, 0.25) is 0 Å². The van der Waals surface area contributed by atoms with Crippen LogP contribution in [0.15, 0.2) is 0 Å². The lowest BCUT2D eigenvalue weighted by molar-refractivity contribution is 0.455. The third-order valence-corrected chi connectivity index (χ3v) is 3.92. The Labute approximate surface area is 73.3 Å². The smallest absolute Gasteiger partial charge is 0.0168 e. The van der Waals surface area contributed by atoms with Crippen molar-refractivity contribution in [3.8, 4) is 0 Å². The van der Waals surface area contributed by atoms with Crippen LogP contribution in [0.4, 0.5) is 0 Å². The van der Waals surface area contributed by atoms with E-state index in [9.17, 15) is 0 Å². The molecule has 64 valence electrons. The van der Waals surface area contributed by atoms with Gasteiger partial charge < -0.3 is 5.32 Å². The molecule has 1 nitrogen and oxygen atoms in total. The molecule has 0 bridgehead atoms. The van der Waals surface area contributed by atoms with E-state index in [0.717, 1.165) is 12.1 Å². The minimum absolute atomic E-state index is 0.850. The molecule has 1 unspecified atom stereocenters. The Morgan fingerprint density at radius 2 is 1.82 bits per heavy atom. The lowest BCUT2D eigenvalue weighted by Crippen LogP contribution is -2.36. The first-order chi connectivity index (χ1) is 5.45. The predicted octanol–water partition coefficient (Wildman–Crippen LogP) is 2.02. The topological polar surface area (TPSA) is 12.0 Å². The fraction of sp³-hybridized carbons (Fsp3) is 1.00. The largest absolute Gasteiger partial charge is 0.310 e. The molecule has 0 spiro atoms. The van der Waals surface area contributed by atoms with Crippen molar-refractivity contribution in [3.63, 3.8) is 0 Å². The van der Waals surface area contributed by atoms with E-state index in [4.69, 9.17) is 0 Å². The van der Waals surface area contributed by atoms with E-state index >= 15 is 0 Å². The number of rotatable bonds is 2. The molecular formula is C9H17NS. The molecule has 1 atom stereocenters. The van der Waals surface area contributed by atoms with Gasteiger partial charge >= 0.3 is 0 Å². The van der Waals surface area contributed by atoms with Gasteiger partial charge in [0.25, 0.3) is 0 Å². The van der Waals surface area contributed by atoms with Gasteiger partial charge in [-0.1, -0.05) is 12.8 Å². The van der Waals surface area contributed by atoms with Crippen LogP contribution in [-0.4, -0.2) is 23.6 Å². The van der Waals surface area contributed by atoms with E-state index in [2.05, 4.69) is 17.1 Å². The van der Waals surface area contributed by atoms with Crippen molar-refractivity contribution in [2.24, 2.45) is 0 Å². The molecule has 11 heavy (non-hydrogen) atoms. The van der Waals surface area contributed by atoms with Crippen LogP contribution in [0.5, 0.6) is 0 Å². The third-order valence-electron chi connectivity index (χ3n) is 2.76. The second-order valence-electron chi connectivity index (χ2n) is 3.71. The lowest BCUT2D eigenvalue weighted by Gasteiger charge is -2.16. The molecule has 2 rings (SSSR count). The van der Waals surface area contributed by atoms with E-state index < -0.39 is 0 Å². The molecule has 0 aromatic carbocycles. The van der Waals surface area contributed by atoms with Gasteiger partial charge in [-0.15, -0.1) is 0 Å². The van der Waals surface area contributed by atoms with Crippen LogP contribution in [0, 0.1) is 0 Å². The number of hydrogen-bond donors (Lipinski definition) is 1. The van der Waals surface area contributed by atoms with Crippen LogP contribution in [0.3, 0.4) is 0 Å². The average Bonchev–Trinajstić information content (AvgIpc) is 2.60. The summed E-state index contributed by atoms with van der Waals surface area (Å²) in [6.07, 6.45) is 7.18. The SMILES string of the molecule is C1CCC(NC2CCSC2)C1. The summed E-state index contributed by atoms with van der Waals surface area (Å²) >= 11 is 2.10. The molecule has 1 saturated carbocycles. The van der Waals surface area contributed by atoms with Crippen LogP contribution in [0.1, 0.15) is 32.1 Å². The summed E-state index contributed by atoms with van der Waals surface area (Å²) in [4.78, 5) is 0. The summed E-state index contributed by atoms with van der Waals surface area (Å²) in [6, 6.07) is 1.72. The first kappa shape index (κ1) is 7.93. The van der Waals surface area contributed by atoms with Crippen LogP contribution < -0.4 is 5.32 Å². The molecule has 2 aliphatic rings. The Hall–Kier alpha value is 0.310. The highest BCUT2D eigenvalue weighted by Crippen LogP contribution is 2.22. The zero-order valence-electron chi connectivity index (χ0n) is 7.01. The van der Waals surface area contributed by atoms with Crippen molar-refractivity contribution in [1.29, 1.82) is 0 Å².